The molecule has 0 unspecified atom stereocenters. The Balaban J connectivity index is 2.56. The van der Waals surface area contributed by atoms with E-state index in [-0.39, 0.29) is 0 Å². The molecule has 0 bridgehead atoms. The molecule has 0 aromatic carbocycles. The van der Waals surface area contributed by atoms with E-state index >= 15 is 0 Å². The number of aliphatic carboxylic acids is 1. The number of fused-ring (bicyclic) bond motifs is 1. The van der Waals surface area contributed by atoms with Crippen molar-refractivity contribution in [3.8, 4) is 0 Å². The zero-order chi connectivity index (χ0) is 10.7. The summed E-state index contributed by atoms with van der Waals surface area (Å²) in [6, 6.07) is 5.36. The van der Waals surface area contributed by atoms with Crippen molar-refractivity contribution in [2.75, 3.05) is 0 Å². The topological polar surface area (TPSA) is 63.1 Å². The second-order valence-electron chi connectivity index (χ2n) is 2.94. The molecule has 0 aliphatic carbocycles. The Labute approximate surface area is 85.9 Å². The average Bonchev–Trinajstić information content (AvgIpc) is 2.26. The molecule has 2 aromatic rings. The highest BCUT2D eigenvalue weighted by Gasteiger charge is 1.99. The van der Waals surface area contributed by atoms with E-state index in [4.69, 9.17) is 5.11 Å². The summed E-state index contributed by atoms with van der Waals surface area (Å²) < 4.78 is 0. The van der Waals surface area contributed by atoms with Crippen LogP contribution in [0.15, 0.2) is 36.7 Å². The minimum Gasteiger partial charge on any atom is -0.478 e. The van der Waals surface area contributed by atoms with Crippen LogP contribution in [0.4, 0.5) is 0 Å². The number of aromatic nitrogens is 2. The van der Waals surface area contributed by atoms with E-state index in [1.165, 1.54) is 6.08 Å². The molecular formula is C11H8N2O2. The van der Waals surface area contributed by atoms with Gasteiger partial charge in [0.05, 0.1) is 11.0 Å². The van der Waals surface area contributed by atoms with Gasteiger partial charge in [-0.3, -0.25) is 9.97 Å². The Hall–Kier alpha value is -2.23. The highest BCUT2D eigenvalue weighted by molar-refractivity contribution is 5.90. The van der Waals surface area contributed by atoms with Crippen molar-refractivity contribution < 1.29 is 9.90 Å². The third kappa shape index (κ3) is 1.99. The van der Waals surface area contributed by atoms with Crippen LogP contribution >= 0.6 is 0 Å². The Morgan fingerprint density at radius 2 is 2.13 bits per heavy atom. The molecule has 15 heavy (non-hydrogen) atoms. The van der Waals surface area contributed by atoms with Gasteiger partial charge in [-0.2, -0.15) is 0 Å². The molecule has 2 heterocycles. The monoisotopic (exact) mass is 200 g/mol. The van der Waals surface area contributed by atoms with Gasteiger partial charge in [-0.05, 0) is 24.3 Å². The lowest BCUT2D eigenvalue weighted by Gasteiger charge is -1.98. The maximum Gasteiger partial charge on any atom is 0.328 e. The molecule has 0 saturated carbocycles. The van der Waals surface area contributed by atoms with Crippen LogP contribution in [0.25, 0.3) is 17.1 Å². The van der Waals surface area contributed by atoms with Crippen LogP contribution in [-0.2, 0) is 4.79 Å². The van der Waals surface area contributed by atoms with Crippen LogP contribution in [-0.4, -0.2) is 21.0 Å². The van der Waals surface area contributed by atoms with E-state index < -0.39 is 5.97 Å². The highest BCUT2D eigenvalue weighted by Crippen LogP contribution is 2.14. The third-order valence-electron chi connectivity index (χ3n) is 1.93. The van der Waals surface area contributed by atoms with Gasteiger partial charge in [0.15, 0.2) is 0 Å². The summed E-state index contributed by atoms with van der Waals surface area (Å²) >= 11 is 0. The maximum atomic E-state index is 10.4. The molecule has 4 heteroatoms. The zero-order valence-electron chi connectivity index (χ0n) is 7.79. The molecule has 1 N–H and O–H groups in total. The second kappa shape index (κ2) is 3.88. The van der Waals surface area contributed by atoms with Crippen molar-refractivity contribution in [2.24, 2.45) is 0 Å². The Kier molecular flexibility index (Phi) is 2.41. The summed E-state index contributed by atoms with van der Waals surface area (Å²) in [6.45, 7) is 0. The minimum absolute atomic E-state index is 0.706. The smallest absolute Gasteiger partial charge is 0.328 e. The lowest BCUT2D eigenvalue weighted by Crippen LogP contribution is -1.88. The molecule has 0 aliphatic heterocycles. The van der Waals surface area contributed by atoms with Crippen molar-refractivity contribution in [1.82, 2.24) is 9.97 Å². The van der Waals surface area contributed by atoms with Gasteiger partial charge in [0.1, 0.15) is 0 Å². The van der Waals surface area contributed by atoms with Crippen molar-refractivity contribution in [1.29, 1.82) is 0 Å². The molecule has 2 aromatic heterocycles. The third-order valence-corrected chi connectivity index (χ3v) is 1.93. The number of carboxylic acids is 1. The summed E-state index contributed by atoms with van der Waals surface area (Å²) in [4.78, 5) is 18.7. The average molecular weight is 200 g/mol. The predicted octanol–water partition coefficient (Wildman–Crippen LogP) is 1.73. The first kappa shape index (κ1) is 9.33. The van der Waals surface area contributed by atoms with Gasteiger partial charge in [-0.1, -0.05) is 0 Å². The van der Waals surface area contributed by atoms with Crippen LogP contribution in [0.3, 0.4) is 0 Å². The zero-order valence-corrected chi connectivity index (χ0v) is 7.79. The minimum atomic E-state index is -0.976. The Morgan fingerprint density at radius 1 is 1.27 bits per heavy atom. The standard InChI is InChI=1S/C11H8N2O2/c14-10(15)4-3-8-5-7-12-9-2-1-6-13-11(8)9/h1-7H,(H,14,15)/b4-3+. The van der Waals surface area contributed by atoms with E-state index in [9.17, 15) is 4.79 Å². The van der Waals surface area contributed by atoms with Crippen LogP contribution in [0, 0.1) is 0 Å². The van der Waals surface area contributed by atoms with E-state index in [1.54, 1.807) is 24.5 Å². The Morgan fingerprint density at radius 3 is 2.93 bits per heavy atom. The molecule has 0 atom stereocenters. The Bertz CT molecular complexity index is 530. The predicted molar refractivity (Wildman–Crippen MR) is 56.2 cm³/mol. The number of hydrogen-bond acceptors (Lipinski definition) is 3. The molecule has 0 aliphatic rings. The maximum absolute atomic E-state index is 10.4. The van der Waals surface area contributed by atoms with Crippen molar-refractivity contribution >= 4 is 23.1 Å². The van der Waals surface area contributed by atoms with Crippen LogP contribution in [0.2, 0.25) is 0 Å². The van der Waals surface area contributed by atoms with Gasteiger partial charge >= 0.3 is 5.97 Å². The van der Waals surface area contributed by atoms with E-state index in [1.807, 2.05) is 6.07 Å². The van der Waals surface area contributed by atoms with Gasteiger partial charge < -0.3 is 5.11 Å². The first-order valence-electron chi connectivity index (χ1n) is 4.38. The van der Waals surface area contributed by atoms with Gasteiger partial charge in [0, 0.05) is 24.0 Å². The summed E-state index contributed by atoms with van der Waals surface area (Å²) in [6.07, 6.45) is 5.89. The quantitative estimate of drug-likeness (QED) is 0.750. The SMILES string of the molecule is O=C(O)/C=C/c1ccnc2cccnc12. The fraction of sp³-hybridized carbons (Fsp3) is 0. The lowest BCUT2D eigenvalue weighted by atomic mass is 10.2. The molecule has 0 amide bonds. The molecule has 4 nitrogen and oxygen atoms in total. The van der Waals surface area contributed by atoms with Gasteiger partial charge in [0.2, 0.25) is 0 Å². The van der Waals surface area contributed by atoms with Crippen molar-refractivity contribution in [2.45, 2.75) is 0 Å². The molecule has 0 spiro atoms. The number of carbonyl (C=O) groups is 1. The summed E-state index contributed by atoms with van der Waals surface area (Å²) in [5, 5.41) is 8.52. The largest absolute Gasteiger partial charge is 0.478 e. The fourth-order valence-electron chi connectivity index (χ4n) is 1.30. The molecule has 0 saturated heterocycles. The van der Waals surface area contributed by atoms with Crippen LogP contribution in [0.5, 0.6) is 0 Å². The van der Waals surface area contributed by atoms with E-state index in [0.29, 0.717) is 5.52 Å². The molecule has 74 valence electrons. The molecule has 0 radical (unpaired) electrons. The molecule has 0 fully saturated rings. The van der Waals surface area contributed by atoms with E-state index in [2.05, 4.69) is 9.97 Å². The molecular weight excluding hydrogens is 192 g/mol. The number of pyridine rings is 2. The number of carboxylic acid groups (broad SMARTS) is 1. The first-order chi connectivity index (χ1) is 7.27. The van der Waals surface area contributed by atoms with Crippen molar-refractivity contribution in [3.63, 3.8) is 0 Å². The first-order valence-corrected chi connectivity index (χ1v) is 4.38. The number of nitrogens with zero attached hydrogens (tertiary/aromatic N) is 2. The highest BCUT2D eigenvalue weighted by atomic mass is 16.4. The molecule has 2 rings (SSSR count). The van der Waals surface area contributed by atoms with Crippen LogP contribution in [0.1, 0.15) is 5.56 Å². The van der Waals surface area contributed by atoms with Gasteiger partial charge in [-0.25, -0.2) is 4.79 Å². The van der Waals surface area contributed by atoms with E-state index in [0.717, 1.165) is 17.2 Å². The number of hydrogen-bond donors (Lipinski definition) is 1. The van der Waals surface area contributed by atoms with Crippen molar-refractivity contribution in [3.05, 3.63) is 42.2 Å². The summed E-state index contributed by atoms with van der Waals surface area (Å²) in [5.74, 6) is -0.976. The normalized spacial score (nSPS) is 10.9. The van der Waals surface area contributed by atoms with Gasteiger partial charge in [0.25, 0.3) is 0 Å². The van der Waals surface area contributed by atoms with Crippen LogP contribution < -0.4 is 0 Å². The lowest BCUT2D eigenvalue weighted by molar-refractivity contribution is -0.131. The van der Waals surface area contributed by atoms with Gasteiger partial charge in [-0.15, -0.1) is 0 Å². The summed E-state index contributed by atoms with van der Waals surface area (Å²) in [5.41, 5.74) is 2.21. The second-order valence-corrected chi connectivity index (χ2v) is 2.94. The fourth-order valence-corrected chi connectivity index (χ4v) is 1.30. The number of rotatable bonds is 2. The summed E-state index contributed by atoms with van der Waals surface area (Å²) in [7, 11) is 0.